The molecule has 98 valence electrons. The summed E-state index contributed by atoms with van der Waals surface area (Å²) in [6.45, 7) is 6.42. The standard InChI is InChI=1S/C13H24N2O2/c1-10(16)8-13(2,3)9-14-12(17)15-11-6-4-5-7-11/h4-5,10-11,16H,6-9H2,1-3H3,(H2,14,15,17). The highest BCUT2D eigenvalue weighted by atomic mass is 16.3. The predicted octanol–water partition coefficient (Wildman–Crippen LogP) is 1.80. The molecule has 4 heteroatoms. The normalized spacial score (nSPS) is 18.1. The molecule has 0 aromatic heterocycles. The summed E-state index contributed by atoms with van der Waals surface area (Å²) in [6.07, 6.45) is 6.35. The van der Waals surface area contributed by atoms with Gasteiger partial charge < -0.3 is 15.7 Å². The molecule has 0 aromatic rings. The lowest BCUT2D eigenvalue weighted by Crippen LogP contribution is -2.44. The van der Waals surface area contributed by atoms with Crippen LogP contribution in [-0.4, -0.2) is 29.8 Å². The van der Waals surface area contributed by atoms with Crippen LogP contribution < -0.4 is 10.6 Å². The molecule has 0 bridgehead atoms. The van der Waals surface area contributed by atoms with Crippen molar-refractivity contribution in [2.24, 2.45) is 5.41 Å². The fraction of sp³-hybridized carbons (Fsp3) is 0.769. The lowest BCUT2D eigenvalue weighted by molar-refractivity contribution is 0.128. The van der Waals surface area contributed by atoms with E-state index in [9.17, 15) is 9.90 Å². The van der Waals surface area contributed by atoms with Crippen LogP contribution in [0, 0.1) is 5.41 Å². The van der Waals surface area contributed by atoms with E-state index >= 15 is 0 Å². The zero-order chi connectivity index (χ0) is 12.9. The van der Waals surface area contributed by atoms with Gasteiger partial charge in [-0.2, -0.15) is 0 Å². The minimum atomic E-state index is -0.339. The van der Waals surface area contributed by atoms with Crippen LogP contribution >= 0.6 is 0 Å². The summed E-state index contributed by atoms with van der Waals surface area (Å²) in [5.41, 5.74) is -0.0839. The average molecular weight is 240 g/mol. The number of carbonyl (C=O) groups is 1. The Hall–Kier alpha value is -1.03. The van der Waals surface area contributed by atoms with Gasteiger partial charge >= 0.3 is 6.03 Å². The lowest BCUT2D eigenvalue weighted by Gasteiger charge is -2.26. The van der Waals surface area contributed by atoms with Gasteiger partial charge in [-0.05, 0) is 31.6 Å². The molecule has 0 aromatic carbocycles. The zero-order valence-electron chi connectivity index (χ0n) is 11.0. The monoisotopic (exact) mass is 240 g/mol. The van der Waals surface area contributed by atoms with E-state index in [4.69, 9.17) is 0 Å². The Morgan fingerprint density at radius 1 is 1.47 bits per heavy atom. The summed E-state index contributed by atoms with van der Waals surface area (Å²) in [5.74, 6) is 0. The van der Waals surface area contributed by atoms with E-state index in [1.165, 1.54) is 0 Å². The first-order valence-corrected chi connectivity index (χ1v) is 6.26. The highest BCUT2D eigenvalue weighted by Crippen LogP contribution is 2.21. The fourth-order valence-corrected chi connectivity index (χ4v) is 2.16. The maximum absolute atomic E-state index is 11.6. The van der Waals surface area contributed by atoms with E-state index < -0.39 is 0 Å². The quantitative estimate of drug-likeness (QED) is 0.642. The van der Waals surface area contributed by atoms with Crippen LogP contribution in [0.4, 0.5) is 4.79 Å². The minimum Gasteiger partial charge on any atom is -0.393 e. The molecule has 3 N–H and O–H groups in total. The molecular formula is C13H24N2O2. The van der Waals surface area contributed by atoms with E-state index in [0.29, 0.717) is 13.0 Å². The smallest absolute Gasteiger partial charge is 0.315 e. The number of hydrogen-bond acceptors (Lipinski definition) is 2. The molecule has 17 heavy (non-hydrogen) atoms. The summed E-state index contributed by atoms with van der Waals surface area (Å²) >= 11 is 0. The zero-order valence-corrected chi connectivity index (χ0v) is 11.0. The molecule has 0 aliphatic heterocycles. The summed E-state index contributed by atoms with van der Waals surface area (Å²) in [5, 5.41) is 15.1. The molecule has 1 atom stereocenters. The Morgan fingerprint density at radius 3 is 2.59 bits per heavy atom. The van der Waals surface area contributed by atoms with Gasteiger partial charge in [0.05, 0.1) is 6.10 Å². The van der Waals surface area contributed by atoms with Crippen molar-refractivity contribution in [3.8, 4) is 0 Å². The van der Waals surface area contributed by atoms with Crippen molar-refractivity contribution >= 4 is 6.03 Å². The van der Waals surface area contributed by atoms with Gasteiger partial charge in [-0.3, -0.25) is 0 Å². The fourth-order valence-electron chi connectivity index (χ4n) is 2.16. The van der Waals surface area contributed by atoms with Crippen LogP contribution in [0.2, 0.25) is 0 Å². The molecule has 4 nitrogen and oxygen atoms in total. The van der Waals surface area contributed by atoms with Crippen molar-refractivity contribution in [2.45, 2.75) is 52.2 Å². The lowest BCUT2D eigenvalue weighted by atomic mass is 9.87. The van der Waals surface area contributed by atoms with Crippen LogP contribution in [0.5, 0.6) is 0 Å². The molecule has 1 aliphatic carbocycles. The highest BCUT2D eigenvalue weighted by Gasteiger charge is 2.21. The number of nitrogens with one attached hydrogen (secondary N) is 2. The first-order chi connectivity index (χ1) is 7.89. The Labute approximate surface area is 103 Å². The first kappa shape index (κ1) is 14.0. The van der Waals surface area contributed by atoms with E-state index in [-0.39, 0.29) is 23.6 Å². The van der Waals surface area contributed by atoms with Crippen molar-refractivity contribution in [1.82, 2.24) is 10.6 Å². The minimum absolute atomic E-state index is 0.0839. The summed E-state index contributed by atoms with van der Waals surface area (Å²) in [4.78, 5) is 11.6. The molecule has 2 amide bonds. The Bertz CT molecular complexity index is 277. The molecule has 1 unspecified atom stereocenters. The third-order valence-electron chi connectivity index (χ3n) is 2.92. The van der Waals surface area contributed by atoms with Gasteiger partial charge in [-0.1, -0.05) is 26.0 Å². The molecule has 0 saturated heterocycles. The van der Waals surface area contributed by atoms with Gasteiger partial charge in [0.15, 0.2) is 0 Å². The van der Waals surface area contributed by atoms with Gasteiger partial charge in [-0.15, -0.1) is 0 Å². The number of aliphatic hydroxyl groups is 1. The Kier molecular flexibility index (Phi) is 5.00. The second-order valence-corrected chi connectivity index (χ2v) is 5.68. The maximum atomic E-state index is 11.6. The third kappa shape index (κ3) is 5.73. The summed E-state index contributed by atoms with van der Waals surface area (Å²) in [6, 6.07) is 0.132. The molecular weight excluding hydrogens is 216 g/mol. The van der Waals surface area contributed by atoms with Gasteiger partial charge in [-0.25, -0.2) is 4.79 Å². The summed E-state index contributed by atoms with van der Waals surface area (Å²) in [7, 11) is 0. The SMILES string of the molecule is CC(O)CC(C)(C)CNC(=O)NC1CC=CC1. The molecule has 0 saturated carbocycles. The third-order valence-corrected chi connectivity index (χ3v) is 2.92. The number of carbonyl (C=O) groups excluding carboxylic acids is 1. The maximum Gasteiger partial charge on any atom is 0.315 e. The molecule has 0 radical (unpaired) electrons. The van der Waals surface area contributed by atoms with Crippen molar-refractivity contribution < 1.29 is 9.90 Å². The molecule has 1 aliphatic rings. The van der Waals surface area contributed by atoms with Crippen molar-refractivity contribution in [2.75, 3.05) is 6.54 Å². The van der Waals surface area contributed by atoms with E-state index in [0.717, 1.165) is 12.8 Å². The van der Waals surface area contributed by atoms with Gasteiger partial charge in [0, 0.05) is 12.6 Å². The van der Waals surface area contributed by atoms with Crippen LogP contribution in [0.25, 0.3) is 0 Å². The number of aliphatic hydroxyl groups excluding tert-OH is 1. The van der Waals surface area contributed by atoms with E-state index in [2.05, 4.69) is 22.8 Å². The van der Waals surface area contributed by atoms with Gasteiger partial charge in [0.25, 0.3) is 0 Å². The number of urea groups is 1. The molecule has 0 spiro atoms. The van der Waals surface area contributed by atoms with Gasteiger partial charge in [0.2, 0.25) is 0 Å². The largest absolute Gasteiger partial charge is 0.393 e. The average Bonchev–Trinajstić information content (AvgIpc) is 2.65. The molecule has 0 fully saturated rings. The second-order valence-electron chi connectivity index (χ2n) is 5.68. The van der Waals surface area contributed by atoms with Crippen LogP contribution in [0.1, 0.15) is 40.0 Å². The first-order valence-electron chi connectivity index (χ1n) is 6.26. The Balaban J connectivity index is 2.22. The molecule has 0 heterocycles. The van der Waals surface area contributed by atoms with Crippen molar-refractivity contribution in [3.05, 3.63) is 12.2 Å². The number of hydrogen-bond donors (Lipinski definition) is 3. The van der Waals surface area contributed by atoms with Crippen LogP contribution in [0.15, 0.2) is 12.2 Å². The number of amides is 2. The topological polar surface area (TPSA) is 61.4 Å². The van der Waals surface area contributed by atoms with Gasteiger partial charge in [0.1, 0.15) is 0 Å². The molecule has 1 rings (SSSR count). The van der Waals surface area contributed by atoms with Crippen molar-refractivity contribution in [3.63, 3.8) is 0 Å². The van der Waals surface area contributed by atoms with E-state index in [1.54, 1.807) is 6.92 Å². The second kappa shape index (κ2) is 6.05. The van der Waals surface area contributed by atoms with Crippen LogP contribution in [0.3, 0.4) is 0 Å². The van der Waals surface area contributed by atoms with E-state index in [1.807, 2.05) is 13.8 Å². The van der Waals surface area contributed by atoms with Crippen molar-refractivity contribution in [1.29, 1.82) is 0 Å². The highest BCUT2D eigenvalue weighted by molar-refractivity contribution is 5.74. The Morgan fingerprint density at radius 2 is 2.06 bits per heavy atom. The summed E-state index contributed by atoms with van der Waals surface area (Å²) < 4.78 is 0. The number of rotatable bonds is 5. The van der Waals surface area contributed by atoms with Crippen LogP contribution in [-0.2, 0) is 0 Å². The predicted molar refractivity (Wildman–Crippen MR) is 68.8 cm³/mol.